The Morgan fingerprint density at radius 3 is 2.71 bits per heavy atom. The van der Waals surface area contributed by atoms with E-state index < -0.39 is 0 Å². The highest BCUT2D eigenvalue weighted by atomic mass is 32.2. The number of thiocarbonyl (C=S) groups is 1. The van der Waals surface area contributed by atoms with Crippen LogP contribution in [0.1, 0.15) is 64.9 Å². The first kappa shape index (κ1) is 24.9. The first-order valence-electron chi connectivity index (χ1n) is 12.4. The van der Waals surface area contributed by atoms with Crippen molar-refractivity contribution in [2.45, 2.75) is 59.3 Å². The van der Waals surface area contributed by atoms with Crippen LogP contribution in [0, 0.1) is 11.8 Å². The van der Waals surface area contributed by atoms with Gasteiger partial charge in [0.2, 0.25) is 0 Å². The first-order valence-corrected chi connectivity index (χ1v) is 13.7. The molecule has 182 valence electrons. The lowest BCUT2D eigenvalue weighted by atomic mass is 9.98. The van der Waals surface area contributed by atoms with Gasteiger partial charge in [-0.2, -0.15) is 0 Å². The summed E-state index contributed by atoms with van der Waals surface area (Å²) in [4.78, 5) is 36.2. The molecule has 0 N–H and O–H groups in total. The summed E-state index contributed by atoms with van der Waals surface area (Å²) < 4.78 is 2.13. The van der Waals surface area contributed by atoms with E-state index in [9.17, 15) is 9.59 Å². The maximum atomic E-state index is 13.5. The van der Waals surface area contributed by atoms with E-state index in [4.69, 9.17) is 17.2 Å². The van der Waals surface area contributed by atoms with Gasteiger partial charge < -0.3 is 4.90 Å². The van der Waals surface area contributed by atoms with Gasteiger partial charge in [0.1, 0.15) is 15.8 Å². The molecular formula is C26H34N4O2S2. The average molecular weight is 499 g/mol. The van der Waals surface area contributed by atoms with E-state index in [-0.39, 0.29) is 11.5 Å². The molecule has 2 aromatic rings. The zero-order valence-corrected chi connectivity index (χ0v) is 22.0. The molecule has 4 rings (SSSR count). The number of pyridine rings is 1. The van der Waals surface area contributed by atoms with Crippen LogP contribution in [0.15, 0.2) is 34.1 Å². The largest absolute Gasteiger partial charge is 0.356 e. The summed E-state index contributed by atoms with van der Waals surface area (Å²) in [5.41, 5.74) is 0.934. The standard InChI is InChI=1S/C26H34N4O2S2/c1-4-6-9-19(5-2)17-30-25(32)21(34-26(30)33)16-20-23(28-14-11-18(3)12-15-28)27-22-10-7-8-13-29(22)24(20)31/h7-8,10,13,16,18-19H,4-6,9,11-12,14-15,17H2,1-3H3. The summed E-state index contributed by atoms with van der Waals surface area (Å²) in [5, 5.41) is 0. The van der Waals surface area contributed by atoms with Crippen LogP contribution < -0.4 is 10.5 Å². The molecule has 2 fully saturated rings. The van der Waals surface area contributed by atoms with Crippen LogP contribution in [0.2, 0.25) is 0 Å². The molecule has 0 radical (unpaired) electrons. The van der Waals surface area contributed by atoms with E-state index in [0.29, 0.717) is 44.6 Å². The first-order chi connectivity index (χ1) is 16.4. The number of thioether (sulfide) groups is 1. The second-order valence-electron chi connectivity index (χ2n) is 9.46. The Morgan fingerprint density at radius 1 is 1.24 bits per heavy atom. The van der Waals surface area contributed by atoms with E-state index in [2.05, 4.69) is 25.7 Å². The summed E-state index contributed by atoms with van der Waals surface area (Å²) in [5.74, 6) is 1.67. The minimum Gasteiger partial charge on any atom is -0.356 e. The minimum atomic E-state index is -0.154. The SMILES string of the molecule is CCCCC(CC)CN1C(=O)C(=Cc2c(N3CCC(C)CC3)nc3ccccn3c2=O)SC1=S. The third kappa shape index (κ3) is 5.23. The van der Waals surface area contributed by atoms with Crippen molar-refractivity contribution in [1.82, 2.24) is 14.3 Å². The van der Waals surface area contributed by atoms with Gasteiger partial charge in [-0.15, -0.1) is 0 Å². The van der Waals surface area contributed by atoms with Gasteiger partial charge in [-0.25, -0.2) is 4.98 Å². The Morgan fingerprint density at radius 2 is 2.00 bits per heavy atom. The maximum Gasteiger partial charge on any atom is 0.267 e. The van der Waals surface area contributed by atoms with E-state index >= 15 is 0 Å². The lowest BCUT2D eigenvalue weighted by Crippen LogP contribution is -2.36. The molecule has 2 saturated heterocycles. The number of nitrogens with zero attached hydrogens (tertiary/aromatic N) is 4. The van der Waals surface area contributed by atoms with Crippen LogP contribution >= 0.6 is 24.0 Å². The van der Waals surface area contributed by atoms with Crippen LogP contribution in [-0.4, -0.2) is 44.1 Å². The van der Waals surface area contributed by atoms with Gasteiger partial charge in [0, 0.05) is 25.8 Å². The number of amides is 1. The second kappa shape index (κ2) is 11.0. The Kier molecular flexibility index (Phi) is 8.09. The highest BCUT2D eigenvalue weighted by molar-refractivity contribution is 8.26. The number of aromatic nitrogens is 2. The van der Waals surface area contributed by atoms with Crippen LogP contribution in [0.3, 0.4) is 0 Å². The van der Waals surface area contributed by atoms with Gasteiger partial charge in [0.25, 0.3) is 11.5 Å². The summed E-state index contributed by atoms with van der Waals surface area (Å²) in [7, 11) is 0. The number of rotatable bonds is 8. The van der Waals surface area contributed by atoms with Crippen LogP contribution in [0.25, 0.3) is 11.7 Å². The molecule has 1 unspecified atom stereocenters. The number of fused-ring (bicyclic) bond motifs is 1. The molecule has 2 aromatic heterocycles. The molecule has 0 bridgehead atoms. The zero-order chi connectivity index (χ0) is 24.2. The van der Waals surface area contributed by atoms with Crippen molar-refractivity contribution in [2.75, 3.05) is 24.5 Å². The number of unbranched alkanes of at least 4 members (excludes halogenated alkanes) is 1. The van der Waals surface area contributed by atoms with Gasteiger partial charge >= 0.3 is 0 Å². The molecule has 1 amide bonds. The van der Waals surface area contributed by atoms with Crippen molar-refractivity contribution in [3.63, 3.8) is 0 Å². The van der Waals surface area contributed by atoms with E-state index in [1.165, 1.54) is 11.8 Å². The van der Waals surface area contributed by atoms with Crippen LogP contribution in [0.5, 0.6) is 0 Å². The van der Waals surface area contributed by atoms with Gasteiger partial charge in [0.15, 0.2) is 0 Å². The molecule has 34 heavy (non-hydrogen) atoms. The smallest absolute Gasteiger partial charge is 0.267 e. The lowest BCUT2D eigenvalue weighted by molar-refractivity contribution is -0.122. The topological polar surface area (TPSA) is 57.9 Å². The van der Waals surface area contributed by atoms with Crippen molar-refractivity contribution in [2.24, 2.45) is 11.8 Å². The molecule has 0 spiro atoms. The molecular weight excluding hydrogens is 464 g/mol. The summed E-state index contributed by atoms with van der Waals surface area (Å²) >= 11 is 6.89. The third-order valence-electron chi connectivity index (χ3n) is 6.97. The molecule has 2 aliphatic heterocycles. The van der Waals surface area contributed by atoms with Crippen molar-refractivity contribution >= 4 is 51.7 Å². The minimum absolute atomic E-state index is 0.0966. The fraction of sp³-hybridized carbons (Fsp3) is 0.538. The van der Waals surface area contributed by atoms with Gasteiger partial charge in [-0.3, -0.25) is 18.9 Å². The fourth-order valence-electron chi connectivity index (χ4n) is 4.64. The van der Waals surface area contributed by atoms with Gasteiger partial charge in [0.05, 0.1) is 10.5 Å². The van der Waals surface area contributed by atoms with Gasteiger partial charge in [-0.1, -0.05) is 70.1 Å². The lowest BCUT2D eigenvalue weighted by Gasteiger charge is -2.32. The summed E-state index contributed by atoms with van der Waals surface area (Å²) in [6, 6.07) is 5.56. The zero-order valence-electron chi connectivity index (χ0n) is 20.3. The molecule has 0 saturated carbocycles. The van der Waals surface area contributed by atoms with Crippen molar-refractivity contribution < 1.29 is 4.79 Å². The van der Waals surface area contributed by atoms with Crippen molar-refractivity contribution in [3.8, 4) is 0 Å². The van der Waals surface area contributed by atoms with E-state index in [1.807, 2.05) is 18.2 Å². The highest BCUT2D eigenvalue weighted by Gasteiger charge is 2.34. The molecule has 4 heterocycles. The summed E-state index contributed by atoms with van der Waals surface area (Å²) in [6.45, 7) is 8.97. The number of anilines is 1. The van der Waals surface area contributed by atoms with Crippen LogP contribution in [0.4, 0.5) is 5.82 Å². The molecule has 0 aliphatic carbocycles. The number of carbonyl (C=O) groups is 1. The molecule has 1 atom stereocenters. The van der Waals surface area contributed by atoms with Crippen LogP contribution in [-0.2, 0) is 4.79 Å². The Labute approximate surface area is 211 Å². The number of hydrogen-bond donors (Lipinski definition) is 0. The third-order valence-corrected chi connectivity index (χ3v) is 8.34. The van der Waals surface area contributed by atoms with Gasteiger partial charge in [-0.05, 0) is 49.3 Å². The fourth-order valence-corrected chi connectivity index (χ4v) is 5.90. The Bertz CT molecular complexity index is 1150. The normalized spacial score (nSPS) is 19.6. The average Bonchev–Trinajstić information content (AvgIpc) is 3.11. The number of hydrogen-bond acceptors (Lipinski definition) is 6. The molecule has 8 heteroatoms. The van der Waals surface area contributed by atoms with Crippen molar-refractivity contribution in [1.29, 1.82) is 0 Å². The number of carbonyl (C=O) groups excluding carboxylic acids is 1. The van der Waals surface area contributed by atoms with E-state index in [0.717, 1.165) is 51.6 Å². The monoisotopic (exact) mass is 498 g/mol. The molecule has 0 aromatic carbocycles. The Balaban J connectivity index is 1.70. The number of piperidine rings is 1. The Hall–Kier alpha value is -2.19. The van der Waals surface area contributed by atoms with E-state index in [1.54, 1.807) is 21.6 Å². The maximum absolute atomic E-state index is 13.5. The molecule has 2 aliphatic rings. The quantitative estimate of drug-likeness (QED) is 0.361. The second-order valence-corrected chi connectivity index (χ2v) is 11.1. The van der Waals surface area contributed by atoms with Crippen molar-refractivity contribution in [3.05, 3.63) is 45.2 Å². The molecule has 6 nitrogen and oxygen atoms in total. The highest BCUT2D eigenvalue weighted by Crippen LogP contribution is 2.35. The summed E-state index contributed by atoms with van der Waals surface area (Å²) in [6.07, 6.45) is 10.00. The predicted octanol–water partition coefficient (Wildman–Crippen LogP) is 5.35. The predicted molar refractivity (Wildman–Crippen MR) is 145 cm³/mol.